The first kappa shape index (κ1) is 29.9. The monoisotopic (exact) mass is 605 g/mol. The van der Waals surface area contributed by atoms with E-state index in [9.17, 15) is 14.5 Å². The average Bonchev–Trinajstić information content (AvgIpc) is 3.62. The minimum atomic E-state index is -4.30. The first-order valence-electron chi connectivity index (χ1n) is 13.4. The third-order valence-electron chi connectivity index (χ3n) is 6.78. The summed E-state index contributed by atoms with van der Waals surface area (Å²) in [5, 5.41) is 16.8. The molecule has 6 atom stereocenters. The van der Waals surface area contributed by atoms with Gasteiger partial charge in [0.05, 0.1) is 19.5 Å². The number of hydrogen-bond donors (Lipinski definition) is 4. The quantitative estimate of drug-likeness (QED) is 0.127. The van der Waals surface area contributed by atoms with E-state index in [-0.39, 0.29) is 30.0 Å². The normalized spacial score (nSPS) is 26.0. The van der Waals surface area contributed by atoms with Crippen LogP contribution in [-0.2, 0) is 23.4 Å². The predicted octanol–water partition coefficient (Wildman–Crippen LogP) is 2.88. The van der Waals surface area contributed by atoms with Gasteiger partial charge in [0.25, 0.3) is 0 Å². The molecule has 3 heterocycles. The number of halogens is 1. The summed E-state index contributed by atoms with van der Waals surface area (Å²) in [7, 11) is -4.30. The number of imidazole rings is 1. The second-order valence-electron chi connectivity index (χ2n) is 9.98. The fourth-order valence-electron chi connectivity index (χ4n) is 4.47. The largest absolute Gasteiger partial charge is 0.465 e. The third-order valence-corrected chi connectivity index (χ3v) is 8.42. The highest BCUT2D eigenvalue weighted by molar-refractivity contribution is 7.52. The highest BCUT2D eigenvalue weighted by Crippen LogP contribution is 2.48. The molecule has 14 nitrogen and oxygen atoms in total. The van der Waals surface area contributed by atoms with Gasteiger partial charge in [0, 0.05) is 6.04 Å². The molecular formula is C26H33FN7O7P. The topological polar surface area (TPSA) is 185 Å². The van der Waals surface area contributed by atoms with Gasteiger partial charge in [0.15, 0.2) is 23.2 Å². The fourth-order valence-corrected chi connectivity index (χ4v) is 5.97. The number of carbonyl (C=O) groups is 1. The summed E-state index contributed by atoms with van der Waals surface area (Å²) in [5.74, 6) is -0.164. The Morgan fingerprint density at radius 3 is 2.79 bits per heavy atom. The number of hydrogen-bond acceptors (Lipinski definition) is 12. The zero-order valence-corrected chi connectivity index (χ0v) is 23.9. The van der Waals surface area contributed by atoms with Crippen molar-refractivity contribution in [1.82, 2.24) is 24.6 Å². The Balaban J connectivity index is 1.39. The van der Waals surface area contributed by atoms with Crippen molar-refractivity contribution in [1.29, 1.82) is 0 Å². The van der Waals surface area contributed by atoms with Crippen LogP contribution >= 0.6 is 7.75 Å². The van der Waals surface area contributed by atoms with Crippen LogP contribution in [0.1, 0.15) is 32.9 Å². The molecule has 1 aromatic carbocycles. The van der Waals surface area contributed by atoms with Crippen LogP contribution in [0.25, 0.3) is 11.2 Å². The molecule has 3 aromatic rings. The molecule has 0 unspecified atom stereocenters. The van der Waals surface area contributed by atoms with Crippen LogP contribution in [0.4, 0.5) is 16.2 Å². The molecule has 0 amide bonds. The number of benzene rings is 1. The second kappa shape index (κ2) is 11.9. The van der Waals surface area contributed by atoms with E-state index >= 15 is 4.39 Å². The Bertz CT molecular complexity index is 1490. The standard InChI is InChI=1S/C26H33FN7O7P/c1-4-26(27)20(35)18(13-39-42(37,33-15(3)23(36)38-5-2)41-17-9-7-6-8-10-17)40-24(26)34-14-29-19-21(30-16-11-12-16)31-25(28)32-22(19)34/h4,6-10,14-16,18,20,24,35H,1,5,11-13H2,2-3H3,(H,33,37)(H3,28,30,31,32)/t15-,18+,20+,24+,26+,42-/m0/s1. The van der Waals surface area contributed by atoms with E-state index < -0.39 is 50.5 Å². The van der Waals surface area contributed by atoms with Crippen molar-refractivity contribution >= 4 is 36.6 Å². The number of para-hydroxylation sites is 1. The molecule has 2 aromatic heterocycles. The molecule has 5 N–H and O–H groups in total. The number of nitrogens with two attached hydrogens (primary N) is 1. The Labute approximate surface area is 241 Å². The molecule has 2 aliphatic rings. The van der Waals surface area contributed by atoms with Gasteiger partial charge in [-0.3, -0.25) is 13.9 Å². The van der Waals surface area contributed by atoms with Gasteiger partial charge in [-0.05, 0) is 44.9 Å². The molecule has 0 bridgehead atoms. The Hall–Kier alpha value is -3.62. The van der Waals surface area contributed by atoms with Gasteiger partial charge in [0.2, 0.25) is 11.6 Å². The van der Waals surface area contributed by atoms with Crippen molar-refractivity contribution < 1.29 is 37.4 Å². The summed E-state index contributed by atoms with van der Waals surface area (Å²) in [6.45, 7) is 6.13. The van der Waals surface area contributed by atoms with Gasteiger partial charge in [0.1, 0.15) is 24.0 Å². The molecule has 0 radical (unpaired) electrons. The molecule has 1 saturated carbocycles. The van der Waals surface area contributed by atoms with Crippen molar-refractivity contribution in [2.75, 3.05) is 24.3 Å². The summed E-state index contributed by atoms with van der Waals surface area (Å²) in [6.07, 6.45) is -0.487. The first-order chi connectivity index (χ1) is 20.1. The number of nitrogens with zero attached hydrogens (tertiary/aromatic N) is 4. The van der Waals surface area contributed by atoms with E-state index in [1.165, 1.54) is 30.0 Å². The second-order valence-corrected chi connectivity index (χ2v) is 11.7. The van der Waals surface area contributed by atoms with Gasteiger partial charge in [-0.15, -0.1) is 0 Å². The Morgan fingerprint density at radius 2 is 2.12 bits per heavy atom. The number of esters is 1. The Kier molecular flexibility index (Phi) is 8.49. The van der Waals surface area contributed by atoms with E-state index in [1.807, 2.05) is 0 Å². The molecule has 1 aliphatic heterocycles. The minimum Gasteiger partial charge on any atom is -0.465 e. The number of ether oxygens (including phenoxy) is 2. The number of fused-ring (bicyclic) bond motifs is 1. The Morgan fingerprint density at radius 1 is 1.38 bits per heavy atom. The van der Waals surface area contributed by atoms with Crippen LogP contribution in [0.5, 0.6) is 5.75 Å². The summed E-state index contributed by atoms with van der Waals surface area (Å²) < 4.78 is 53.6. The third kappa shape index (κ3) is 6.10. The smallest absolute Gasteiger partial charge is 0.459 e. The van der Waals surface area contributed by atoms with E-state index in [1.54, 1.807) is 25.1 Å². The van der Waals surface area contributed by atoms with Gasteiger partial charge in [-0.2, -0.15) is 15.1 Å². The number of nitrogen functional groups attached to an aromatic ring is 1. The summed E-state index contributed by atoms with van der Waals surface area (Å²) >= 11 is 0. The maximum atomic E-state index is 16.4. The molecule has 42 heavy (non-hydrogen) atoms. The maximum absolute atomic E-state index is 16.4. The lowest BCUT2D eigenvalue weighted by atomic mass is 9.96. The molecule has 5 rings (SSSR count). The number of anilines is 2. The molecule has 16 heteroatoms. The van der Waals surface area contributed by atoms with Crippen molar-refractivity contribution in [3.05, 3.63) is 49.3 Å². The van der Waals surface area contributed by atoms with Crippen molar-refractivity contribution in [3.8, 4) is 5.75 Å². The highest BCUT2D eigenvalue weighted by atomic mass is 31.2. The number of carbonyl (C=O) groups excluding carboxylic acids is 1. The summed E-state index contributed by atoms with van der Waals surface area (Å²) in [6, 6.07) is 7.27. The number of aromatic nitrogens is 4. The molecule has 2 fully saturated rings. The zero-order valence-electron chi connectivity index (χ0n) is 23.1. The molecule has 226 valence electrons. The minimum absolute atomic E-state index is 0.0605. The van der Waals surface area contributed by atoms with Gasteiger partial charge < -0.3 is 30.2 Å². The van der Waals surface area contributed by atoms with E-state index in [4.69, 9.17) is 24.3 Å². The van der Waals surface area contributed by atoms with E-state index in [0.717, 1.165) is 18.9 Å². The van der Waals surface area contributed by atoms with E-state index in [0.29, 0.717) is 11.3 Å². The molecule has 1 saturated heterocycles. The first-order valence-corrected chi connectivity index (χ1v) is 15.0. The van der Waals surface area contributed by atoms with Gasteiger partial charge in [-0.25, -0.2) is 13.9 Å². The van der Waals surface area contributed by atoms with Crippen molar-refractivity contribution in [2.24, 2.45) is 0 Å². The molecular weight excluding hydrogens is 572 g/mol. The van der Waals surface area contributed by atoms with Gasteiger partial charge in [-0.1, -0.05) is 24.8 Å². The lowest BCUT2D eigenvalue weighted by molar-refractivity contribution is -0.144. The van der Waals surface area contributed by atoms with E-state index in [2.05, 4.69) is 31.9 Å². The number of nitrogens with one attached hydrogen (secondary N) is 2. The van der Waals surface area contributed by atoms with Crippen LogP contribution in [0.3, 0.4) is 0 Å². The van der Waals surface area contributed by atoms with Crippen molar-refractivity contribution in [3.63, 3.8) is 0 Å². The van der Waals surface area contributed by atoms with Crippen LogP contribution in [0.15, 0.2) is 49.3 Å². The SMILES string of the molecule is C=C[C@@]1(F)[C@H](O)[C@@H](CO[P@@](=O)(N[C@@H](C)C(=O)OCC)Oc2ccccc2)O[C@H]1n1cnc2c(NC3CC3)nc(N)nc21. The fraction of sp³-hybridized carbons (Fsp3) is 0.462. The number of rotatable bonds is 13. The van der Waals surface area contributed by atoms with Crippen LogP contribution in [0.2, 0.25) is 0 Å². The zero-order chi connectivity index (χ0) is 30.1. The molecule has 0 spiro atoms. The van der Waals surface area contributed by atoms with Crippen LogP contribution in [-0.4, -0.2) is 73.8 Å². The summed E-state index contributed by atoms with van der Waals surface area (Å²) in [4.78, 5) is 25.0. The van der Waals surface area contributed by atoms with Crippen molar-refractivity contribution in [2.45, 2.75) is 62.9 Å². The predicted molar refractivity (Wildman–Crippen MR) is 150 cm³/mol. The van der Waals surface area contributed by atoms with Crippen LogP contribution < -0.4 is 20.7 Å². The lowest BCUT2D eigenvalue weighted by Crippen LogP contribution is -2.42. The lowest BCUT2D eigenvalue weighted by Gasteiger charge is -2.26. The number of alkyl halides is 1. The highest BCUT2D eigenvalue weighted by Gasteiger charge is 2.57. The average molecular weight is 606 g/mol. The number of aliphatic hydroxyl groups is 1. The van der Waals surface area contributed by atoms with Gasteiger partial charge >= 0.3 is 13.7 Å². The molecule has 1 aliphatic carbocycles. The maximum Gasteiger partial charge on any atom is 0.459 e. The van der Waals surface area contributed by atoms with Crippen LogP contribution in [0, 0.1) is 0 Å². The summed E-state index contributed by atoms with van der Waals surface area (Å²) in [5.41, 5.74) is 3.91. The number of aliphatic hydroxyl groups excluding tert-OH is 1.